The molecule has 2 bridgehead atoms. The Morgan fingerprint density at radius 1 is 1.19 bits per heavy atom. The fraction of sp³-hybridized carbons (Fsp3) is 0.438. The number of nitrogens with one attached hydrogen (secondary N) is 1. The highest BCUT2D eigenvalue weighted by Crippen LogP contribution is 2.28. The second-order valence-corrected chi connectivity index (χ2v) is 6.00. The Balaban J connectivity index is 1.67. The quantitative estimate of drug-likeness (QED) is 0.643. The van der Waals surface area contributed by atoms with Gasteiger partial charge in [-0.2, -0.15) is 0 Å². The molecule has 3 N–H and O–H groups in total. The predicted molar refractivity (Wildman–Crippen MR) is 83.6 cm³/mol. The fourth-order valence-corrected chi connectivity index (χ4v) is 3.69. The van der Waals surface area contributed by atoms with Gasteiger partial charge in [0.25, 0.3) is 0 Å². The second-order valence-electron chi connectivity index (χ2n) is 6.00. The van der Waals surface area contributed by atoms with E-state index in [2.05, 4.69) is 44.5 Å². The first-order valence-electron chi connectivity index (χ1n) is 7.62. The number of nitrogens with two attached hydrogens (primary N) is 1. The number of rotatable bonds is 3. The highest BCUT2D eigenvalue weighted by atomic mass is 15.4. The van der Waals surface area contributed by atoms with Gasteiger partial charge in [-0.25, -0.2) is 0 Å². The van der Waals surface area contributed by atoms with Gasteiger partial charge in [-0.15, -0.1) is 0 Å². The Morgan fingerprint density at radius 3 is 2.76 bits per heavy atom. The molecule has 0 saturated carbocycles. The summed E-state index contributed by atoms with van der Waals surface area (Å²) in [5.74, 6) is 5.90. The van der Waals surface area contributed by atoms with Gasteiger partial charge in [0.05, 0.1) is 11.6 Å². The number of pyridine rings is 1. The summed E-state index contributed by atoms with van der Waals surface area (Å²) >= 11 is 0. The molecule has 110 valence electrons. The van der Waals surface area contributed by atoms with Gasteiger partial charge in [-0.1, -0.05) is 12.1 Å². The van der Waals surface area contributed by atoms with E-state index in [4.69, 9.17) is 5.84 Å². The Morgan fingerprint density at radius 2 is 2.05 bits per heavy atom. The Labute approximate surface area is 124 Å². The van der Waals surface area contributed by atoms with Gasteiger partial charge < -0.3 is 0 Å². The lowest BCUT2D eigenvalue weighted by Crippen LogP contribution is -2.64. The molecule has 5 heteroatoms. The van der Waals surface area contributed by atoms with Crippen molar-refractivity contribution in [1.82, 2.24) is 20.2 Å². The first kappa shape index (κ1) is 13.2. The molecular formula is C16H21N5. The molecule has 2 aromatic rings. The van der Waals surface area contributed by atoms with Gasteiger partial charge in [0.2, 0.25) is 0 Å². The number of hydrogen-bond acceptors (Lipinski definition) is 5. The van der Waals surface area contributed by atoms with Crippen molar-refractivity contribution in [3.63, 3.8) is 0 Å². The lowest BCUT2D eigenvalue weighted by molar-refractivity contribution is -0.00367. The first-order chi connectivity index (χ1) is 10.3. The summed E-state index contributed by atoms with van der Waals surface area (Å²) < 4.78 is 0. The zero-order chi connectivity index (χ0) is 14.2. The summed E-state index contributed by atoms with van der Waals surface area (Å²) in [5, 5.41) is 1.17. The Bertz CT molecular complexity index is 635. The van der Waals surface area contributed by atoms with Crippen LogP contribution in [0.4, 0.5) is 0 Å². The average molecular weight is 283 g/mol. The summed E-state index contributed by atoms with van der Waals surface area (Å²) in [7, 11) is 0. The van der Waals surface area contributed by atoms with Crippen LogP contribution in [-0.4, -0.2) is 53.5 Å². The van der Waals surface area contributed by atoms with Crippen LogP contribution < -0.4 is 11.3 Å². The van der Waals surface area contributed by atoms with Crippen molar-refractivity contribution in [1.29, 1.82) is 0 Å². The minimum absolute atomic E-state index is 0.165. The molecule has 1 aromatic carbocycles. The van der Waals surface area contributed by atoms with Crippen molar-refractivity contribution < 1.29 is 0 Å². The lowest BCUT2D eigenvalue weighted by Gasteiger charge is -2.50. The van der Waals surface area contributed by atoms with Crippen LogP contribution in [0, 0.1) is 0 Å². The number of piperazine rings is 3. The number of hydrazine groups is 1. The van der Waals surface area contributed by atoms with Crippen LogP contribution in [0.2, 0.25) is 0 Å². The van der Waals surface area contributed by atoms with Gasteiger partial charge in [0.1, 0.15) is 0 Å². The van der Waals surface area contributed by atoms with Crippen LogP contribution in [0.5, 0.6) is 0 Å². The fourth-order valence-electron chi connectivity index (χ4n) is 3.69. The minimum Gasteiger partial charge on any atom is -0.299 e. The van der Waals surface area contributed by atoms with E-state index < -0.39 is 0 Å². The van der Waals surface area contributed by atoms with Crippen molar-refractivity contribution in [3.05, 3.63) is 42.1 Å². The normalized spacial score (nSPS) is 29.7. The highest BCUT2D eigenvalue weighted by molar-refractivity contribution is 5.79. The number of benzene rings is 1. The molecule has 0 radical (unpaired) electrons. The second kappa shape index (κ2) is 5.35. The van der Waals surface area contributed by atoms with E-state index in [0.29, 0.717) is 6.04 Å². The first-order valence-corrected chi connectivity index (χ1v) is 7.62. The van der Waals surface area contributed by atoms with E-state index in [1.807, 2.05) is 12.3 Å². The van der Waals surface area contributed by atoms with Crippen LogP contribution in [0.3, 0.4) is 0 Å². The standard InChI is InChI=1S/C16H21N5/c17-19-16(15-11-20-6-8-21(15)9-7-20)13-3-4-14-12(10-13)2-1-5-18-14/h1-5,10,15-16,19H,6-9,11,17H2. The summed E-state index contributed by atoms with van der Waals surface area (Å²) in [4.78, 5) is 9.49. The van der Waals surface area contributed by atoms with E-state index in [1.165, 1.54) is 24.0 Å². The maximum atomic E-state index is 5.90. The molecular weight excluding hydrogens is 262 g/mol. The van der Waals surface area contributed by atoms with E-state index in [0.717, 1.165) is 25.2 Å². The van der Waals surface area contributed by atoms with Crippen LogP contribution in [0.25, 0.3) is 10.9 Å². The molecule has 5 nitrogen and oxygen atoms in total. The van der Waals surface area contributed by atoms with Crippen LogP contribution in [0.15, 0.2) is 36.5 Å². The Kier molecular flexibility index (Phi) is 3.35. The van der Waals surface area contributed by atoms with Crippen LogP contribution in [-0.2, 0) is 0 Å². The molecule has 3 fully saturated rings. The monoisotopic (exact) mass is 283 g/mol. The van der Waals surface area contributed by atoms with E-state index in [1.54, 1.807) is 0 Å². The third kappa shape index (κ3) is 2.32. The molecule has 2 atom stereocenters. The maximum Gasteiger partial charge on any atom is 0.0702 e. The smallest absolute Gasteiger partial charge is 0.0702 e. The molecule has 3 aliphatic rings. The molecule has 0 aliphatic carbocycles. The molecule has 1 aromatic heterocycles. The largest absolute Gasteiger partial charge is 0.299 e. The van der Waals surface area contributed by atoms with Crippen molar-refractivity contribution in [3.8, 4) is 0 Å². The highest BCUT2D eigenvalue weighted by Gasteiger charge is 2.37. The molecule has 0 amide bonds. The molecule has 4 heterocycles. The molecule has 0 spiro atoms. The maximum absolute atomic E-state index is 5.90. The Hall–Kier alpha value is -1.53. The summed E-state index contributed by atoms with van der Waals surface area (Å²) in [6.07, 6.45) is 1.83. The van der Waals surface area contributed by atoms with E-state index in [9.17, 15) is 0 Å². The van der Waals surface area contributed by atoms with Crippen molar-refractivity contribution >= 4 is 10.9 Å². The number of nitrogens with zero attached hydrogens (tertiary/aromatic N) is 3. The zero-order valence-corrected chi connectivity index (χ0v) is 12.1. The third-order valence-electron chi connectivity index (χ3n) is 4.87. The lowest BCUT2D eigenvalue weighted by atomic mass is 9.93. The van der Waals surface area contributed by atoms with Gasteiger partial charge in [-0.05, 0) is 23.8 Å². The van der Waals surface area contributed by atoms with Crippen molar-refractivity contribution in [2.75, 3.05) is 32.7 Å². The van der Waals surface area contributed by atoms with E-state index in [-0.39, 0.29) is 6.04 Å². The predicted octanol–water partition coefficient (Wildman–Crippen LogP) is 0.739. The van der Waals surface area contributed by atoms with Crippen LogP contribution >= 0.6 is 0 Å². The average Bonchev–Trinajstić information content (AvgIpc) is 2.57. The number of fused-ring (bicyclic) bond motifs is 4. The summed E-state index contributed by atoms with van der Waals surface area (Å²) in [6, 6.07) is 11.2. The molecule has 21 heavy (non-hydrogen) atoms. The van der Waals surface area contributed by atoms with Gasteiger partial charge >= 0.3 is 0 Å². The van der Waals surface area contributed by atoms with Crippen molar-refractivity contribution in [2.45, 2.75) is 12.1 Å². The van der Waals surface area contributed by atoms with Crippen LogP contribution in [0.1, 0.15) is 11.6 Å². The summed E-state index contributed by atoms with van der Waals surface area (Å²) in [6.45, 7) is 5.78. The topological polar surface area (TPSA) is 57.4 Å². The molecule has 3 aliphatic heterocycles. The zero-order valence-electron chi connectivity index (χ0n) is 12.1. The number of aromatic nitrogens is 1. The molecule has 5 rings (SSSR count). The minimum atomic E-state index is 0.165. The number of hydrogen-bond donors (Lipinski definition) is 2. The van der Waals surface area contributed by atoms with Gasteiger partial charge in [-0.3, -0.25) is 26.1 Å². The van der Waals surface area contributed by atoms with Crippen molar-refractivity contribution in [2.24, 2.45) is 5.84 Å². The van der Waals surface area contributed by atoms with Gasteiger partial charge in [0, 0.05) is 50.3 Å². The summed E-state index contributed by atoms with van der Waals surface area (Å²) in [5.41, 5.74) is 5.33. The van der Waals surface area contributed by atoms with E-state index >= 15 is 0 Å². The molecule has 2 unspecified atom stereocenters. The van der Waals surface area contributed by atoms with Gasteiger partial charge in [0.15, 0.2) is 0 Å². The molecule has 3 saturated heterocycles. The SMILES string of the molecule is NNC(c1ccc2ncccc2c1)C1CN2CCN1CC2. The third-order valence-corrected chi connectivity index (χ3v) is 4.87.